The molecule has 0 saturated carbocycles. The molecule has 1 aliphatic rings. The van der Waals surface area contributed by atoms with Gasteiger partial charge in [0.05, 0.1) is 0 Å². The number of hydrogen-bond acceptors (Lipinski definition) is 7. The van der Waals surface area contributed by atoms with Crippen molar-refractivity contribution in [2.24, 2.45) is 9.98 Å². The van der Waals surface area contributed by atoms with Crippen LogP contribution >= 0.6 is 0 Å². The lowest BCUT2D eigenvalue weighted by Gasteiger charge is -2.40. The number of guanidine groups is 1. The molecule has 1 N–H and O–H groups in total. The predicted molar refractivity (Wildman–Crippen MR) is 97.9 cm³/mol. The van der Waals surface area contributed by atoms with Crippen molar-refractivity contribution in [1.82, 2.24) is 20.0 Å². The summed E-state index contributed by atoms with van der Waals surface area (Å²) in [5.74, 6) is -0.360. The summed E-state index contributed by atoms with van der Waals surface area (Å²) in [5, 5.41) is 3.43. The van der Waals surface area contributed by atoms with E-state index in [9.17, 15) is 0 Å². The van der Waals surface area contributed by atoms with E-state index in [0.717, 1.165) is 13.0 Å². The Labute approximate surface area is 144 Å². The number of hydrogen-bond donors (Lipinski definition) is 1. The summed E-state index contributed by atoms with van der Waals surface area (Å²) in [6.45, 7) is 0.729. The van der Waals surface area contributed by atoms with Crippen LogP contribution in [0.2, 0.25) is 0 Å². The van der Waals surface area contributed by atoms with Crippen molar-refractivity contribution in [3.63, 3.8) is 0 Å². The molecule has 0 saturated heterocycles. The van der Waals surface area contributed by atoms with Crippen molar-refractivity contribution < 1.29 is 4.74 Å². The van der Waals surface area contributed by atoms with E-state index in [1.165, 1.54) is 5.56 Å². The van der Waals surface area contributed by atoms with Crippen molar-refractivity contribution in [1.29, 1.82) is 0 Å². The fourth-order valence-corrected chi connectivity index (χ4v) is 2.25. The second-order valence-electron chi connectivity index (χ2n) is 6.36. The largest absolute Gasteiger partial charge is 0.408 e. The van der Waals surface area contributed by atoms with Crippen LogP contribution in [0.3, 0.4) is 0 Å². The van der Waals surface area contributed by atoms with Gasteiger partial charge in [-0.25, -0.2) is 10.2 Å². The van der Waals surface area contributed by atoms with Crippen LogP contribution in [-0.4, -0.2) is 81.5 Å². The van der Waals surface area contributed by atoms with Crippen LogP contribution in [0.5, 0.6) is 0 Å². The van der Waals surface area contributed by atoms with Gasteiger partial charge in [0, 0.05) is 34.7 Å². The van der Waals surface area contributed by atoms with Crippen LogP contribution < -0.4 is 5.32 Å². The van der Waals surface area contributed by atoms with Gasteiger partial charge in [-0.15, -0.1) is 0 Å². The van der Waals surface area contributed by atoms with Crippen molar-refractivity contribution in [2.75, 3.05) is 48.8 Å². The molecule has 0 aliphatic carbocycles. The third-order valence-electron chi connectivity index (χ3n) is 3.68. The van der Waals surface area contributed by atoms with E-state index in [2.05, 4.69) is 22.4 Å². The third kappa shape index (κ3) is 4.24. The molecule has 24 heavy (non-hydrogen) atoms. The first-order valence-corrected chi connectivity index (χ1v) is 8.02. The molecule has 1 heterocycles. The van der Waals surface area contributed by atoms with Crippen LogP contribution in [0.15, 0.2) is 40.3 Å². The topological polar surface area (TPSA) is 55.7 Å². The van der Waals surface area contributed by atoms with Crippen molar-refractivity contribution >= 4 is 12.0 Å². The van der Waals surface area contributed by atoms with Crippen LogP contribution in [0.4, 0.5) is 0 Å². The van der Waals surface area contributed by atoms with Gasteiger partial charge in [0.2, 0.25) is 5.96 Å². The number of benzene rings is 1. The minimum absolute atomic E-state index is 0.523. The van der Waals surface area contributed by atoms with E-state index in [-0.39, 0.29) is 0 Å². The van der Waals surface area contributed by atoms with Gasteiger partial charge in [-0.1, -0.05) is 30.3 Å². The Morgan fingerprint density at radius 1 is 1.00 bits per heavy atom. The molecule has 0 spiro atoms. The maximum Gasteiger partial charge on any atom is 0.329 e. The molecule has 132 valence electrons. The van der Waals surface area contributed by atoms with Crippen LogP contribution in [-0.2, 0) is 11.2 Å². The smallest absolute Gasteiger partial charge is 0.329 e. The fourth-order valence-electron chi connectivity index (χ4n) is 2.25. The van der Waals surface area contributed by atoms with Gasteiger partial charge in [0.15, 0.2) is 0 Å². The molecule has 7 heteroatoms. The summed E-state index contributed by atoms with van der Waals surface area (Å²) in [7, 11) is 11.5. The van der Waals surface area contributed by atoms with Gasteiger partial charge < -0.3 is 14.5 Å². The van der Waals surface area contributed by atoms with E-state index in [1.807, 2.05) is 75.2 Å². The zero-order valence-electron chi connectivity index (χ0n) is 15.4. The highest BCUT2D eigenvalue weighted by molar-refractivity contribution is 5.93. The molecule has 1 atom stereocenters. The Bertz CT molecular complexity index is 596. The second-order valence-corrected chi connectivity index (χ2v) is 6.36. The molecule has 0 bridgehead atoms. The number of nitrogens with zero attached hydrogens (tertiary/aromatic N) is 5. The Morgan fingerprint density at radius 2 is 1.67 bits per heavy atom. The van der Waals surface area contributed by atoms with Gasteiger partial charge >= 0.3 is 5.97 Å². The van der Waals surface area contributed by atoms with Crippen LogP contribution in [0, 0.1) is 0 Å². The average Bonchev–Trinajstić information content (AvgIpc) is 2.55. The van der Waals surface area contributed by atoms with E-state index in [0.29, 0.717) is 12.0 Å². The van der Waals surface area contributed by atoms with E-state index < -0.39 is 5.97 Å². The molecular weight excluding hydrogens is 304 g/mol. The Morgan fingerprint density at radius 3 is 2.21 bits per heavy atom. The number of rotatable bonds is 5. The molecule has 7 nitrogen and oxygen atoms in total. The SMILES string of the molecule is CN(C)C1=N[C@](NCCc2ccccc2)(N(C)C)OC(N(C)C)=N1. The van der Waals surface area contributed by atoms with Crippen molar-refractivity contribution in [3.05, 3.63) is 35.9 Å². The van der Waals surface area contributed by atoms with Gasteiger partial charge in [0.25, 0.3) is 6.02 Å². The number of amidine groups is 1. The van der Waals surface area contributed by atoms with E-state index in [4.69, 9.17) is 9.73 Å². The highest BCUT2D eigenvalue weighted by Crippen LogP contribution is 2.19. The maximum atomic E-state index is 6.09. The molecule has 1 aromatic rings. The van der Waals surface area contributed by atoms with Crippen LogP contribution in [0.25, 0.3) is 0 Å². The highest BCUT2D eigenvalue weighted by atomic mass is 16.6. The quantitative estimate of drug-likeness (QED) is 0.811. The molecule has 0 radical (unpaired) electrons. The summed E-state index contributed by atoms with van der Waals surface area (Å²) in [4.78, 5) is 14.8. The third-order valence-corrected chi connectivity index (χ3v) is 3.68. The molecule has 0 amide bonds. The highest BCUT2D eigenvalue weighted by Gasteiger charge is 2.40. The standard InChI is InChI=1S/C17H28N6O/c1-21(2)15-19-16(22(3)4)24-17(20-15,23(5)6)18-13-12-14-10-8-7-9-11-14/h7-11,18H,12-13H2,1-6H3/t17-/m1/s1. The molecule has 0 aromatic heterocycles. The fraction of sp³-hybridized carbons (Fsp3) is 0.529. The molecular formula is C17H28N6O. The van der Waals surface area contributed by atoms with Crippen molar-refractivity contribution in [3.8, 4) is 0 Å². The summed E-state index contributed by atoms with van der Waals surface area (Å²) in [6, 6.07) is 10.9. The first-order valence-electron chi connectivity index (χ1n) is 8.02. The Hall–Kier alpha value is -2.12. The zero-order chi connectivity index (χ0) is 17.7. The minimum atomic E-state index is -0.976. The summed E-state index contributed by atoms with van der Waals surface area (Å²) in [5.41, 5.74) is 1.27. The molecule has 0 fully saturated rings. The normalized spacial score (nSPS) is 20.3. The lowest BCUT2D eigenvalue weighted by molar-refractivity contribution is -0.100. The average molecular weight is 332 g/mol. The maximum absolute atomic E-state index is 6.09. The molecule has 1 aliphatic heterocycles. The zero-order valence-corrected chi connectivity index (χ0v) is 15.4. The second kappa shape index (κ2) is 7.63. The summed E-state index contributed by atoms with van der Waals surface area (Å²) >= 11 is 0. The van der Waals surface area contributed by atoms with Crippen molar-refractivity contribution in [2.45, 2.75) is 12.4 Å². The Kier molecular flexibility index (Phi) is 5.80. The number of nitrogens with one attached hydrogen (secondary N) is 1. The minimum Gasteiger partial charge on any atom is -0.408 e. The summed E-state index contributed by atoms with van der Waals surface area (Å²) < 4.78 is 6.09. The van der Waals surface area contributed by atoms with E-state index >= 15 is 0 Å². The monoisotopic (exact) mass is 332 g/mol. The number of ether oxygens (including phenoxy) is 1. The first-order chi connectivity index (χ1) is 11.3. The molecule has 2 rings (SSSR count). The lowest BCUT2D eigenvalue weighted by atomic mass is 10.1. The van der Waals surface area contributed by atoms with Crippen LogP contribution in [0.1, 0.15) is 5.56 Å². The Balaban J connectivity index is 2.18. The van der Waals surface area contributed by atoms with Gasteiger partial charge in [-0.2, -0.15) is 9.98 Å². The summed E-state index contributed by atoms with van der Waals surface area (Å²) in [6.07, 6.45) is 0.890. The van der Waals surface area contributed by atoms with Gasteiger partial charge in [-0.05, 0) is 26.1 Å². The van der Waals surface area contributed by atoms with Gasteiger partial charge in [-0.3, -0.25) is 0 Å². The predicted octanol–water partition coefficient (Wildman–Crippen LogP) is 0.857. The number of aliphatic imine (C=N–C) groups is 2. The molecule has 0 unspecified atom stereocenters. The first kappa shape index (κ1) is 18.2. The lowest BCUT2D eigenvalue weighted by Crippen LogP contribution is -2.61. The van der Waals surface area contributed by atoms with E-state index in [1.54, 1.807) is 0 Å². The molecule has 1 aromatic carbocycles. The van der Waals surface area contributed by atoms with Gasteiger partial charge in [0.1, 0.15) is 0 Å².